The lowest BCUT2D eigenvalue weighted by atomic mass is 9.78. The monoisotopic (exact) mass is 682 g/mol. The zero-order chi connectivity index (χ0) is 38.0. The summed E-state index contributed by atoms with van der Waals surface area (Å²) in [4.78, 5) is 25.4. The lowest BCUT2D eigenvalue weighted by molar-refractivity contribution is 0.101. The van der Waals surface area contributed by atoms with Crippen LogP contribution in [0.2, 0.25) is 0 Å². The highest BCUT2D eigenvalue weighted by molar-refractivity contribution is 6.05. The highest BCUT2D eigenvalue weighted by Gasteiger charge is 2.29. The normalized spacial score (nSPS) is 12.1. The highest BCUT2D eigenvalue weighted by atomic mass is 16.3. The fraction of sp³-hybridized carbons (Fsp3) is 0.381. The molecule has 4 rings (SSSR count). The summed E-state index contributed by atoms with van der Waals surface area (Å²) in [5.41, 5.74) is 3.89. The van der Waals surface area contributed by atoms with E-state index in [9.17, 15) is 30.0 Å². The van der Waals surface area contributed by atoms with Crippen LogP contribution in [0.4, 0.5) is 11.4 Å². The van der Waals surface area contributed by atoms with Gasteiger partial charge in [-0.25, -0.2) is 0 Å². The molecule has 0 aliphatic carbocycles. The number of carbonyl (C=O) groups is 2. The van der Waals surface area contributed by atoms with Crippen molar-refractivity contribution >= 4 is 23.2 Å². The van der Waals surface area contributed by atoms with Crippen LogP contribution in [0.3, 0.4) is 0 Å². The first-order valence-corrected chi connectivity index (χ1v) is 16.8. The highest BCUT2D eigenvalue weighted by Crippen LogP contribution is 2.41. The van der Waals surface area contributed by atoms with E-state index >= 15 is 0 Å². The van der Waals surface area contributed by atoms with Crippen molar-refractivity contribution in [3.8, 4) is 23.0 Å². The summed E-state index contributed by atoms with van der Waals surface area (Å²) in [6, 6.07) is 19.7. The molecule has 8 heteroatoms. The number of anilines is 2. The maximum absolute atomic E-state index is 12.7. The van der Waals surface area contributed by atoms with Gasteiger partial charge in [-0.2, -0.15) is 0 Å². The Morgan fingerprint density at radius 1 is 0.440 bits per heavy atom. The quantitative estimate of drug-likeness (QED) is 0.119. The van der Waals surface area contributed by atoms with Crippen molar-refractivity contribution in [2.24, 2.45) is 0 Å². The molecule has 0 unspecified atom stereocenters. The molecule has 6 N–H and O–H groups in total. The molecular weight excluding hydrogens is 628 g/mol. The molecule has 50 heavy (non-hydrogen) atoms. The minimum atomic E-state index is -0.300. The van der Waals surface area contributed by atoms with Crippen LogP contribution < -0.4 is 10.6 Å². The van der Waals surface area contributed by atoms with Crippen LogP contribution in [0.5, 0.6) is 23.0 Å². The van der Waals surface area contributed by atoms with Crippen molar-refractivity contribution in [3.63, 3.8) is 0 Å². The van der Waals surface area contributed by atoms with Crippen molar-refractivity contribution in [2.45, 2.75) is 105 Å². The molecule has 0 saturated heterocycles. The van der Waals surface area contributed by atoms with Gasteiger partial charge in [0.05, 0.1) is 0 Å². The molecule has 0 bridgehead atoms. The third-order valence-electron chi connectivity index (χ3n) is 8.21. The third-order valence-corrected chi connectivity index (χ3v) is 8.21. The Labute approximate surface area is 297 Å². The van der Waals surface area contributed by atoms with Gasteiger partial charge in [0.25, 0.3) is 11.8 Å². The maximum Gasteiger partial charge on any atom is 0.255 e. The summed E-state index contributed by atoms with van der Waals surface area (Å²) in [5.74, 6) is 0.209. The summed E-state index contributed by atoms with van der Waals surface area (Å²) in [7, 11) is 0. The molecule has 0 radical (unpaired) electrons. The number of hydrogen-bond acceptors (Lipinski definition) is 6. The Morgan fingerprint density at radius 2 is 0.780 bits per heavy atom. The molecule has 0 atom stereocenters. The Morgan fingerprint density at radius 3 is 1.10 bits per heavy atom. The second-order valence-electron chi connectivity index (χ2n) is 16.8. The molecule has 4 aromatic carbocycles. The van der Waals surface area contributed by atoms with Crippen molar-refractivity contribution in [2.75, 3.05) is 10.6 Å². The first-order chi connectivity index (χ1) is 22.8. The minimum Gasteiger partial charge on any atom is -0.508 e. The lowest BCUT2D eigenvalue weighted by Crippen LogP contribution is -2.20. The smallest absolute Gasteiger partial charge is 0.255 e. The molecule has 0 fully saturated rings. The lowest BCUT2D eigenvalue weighted by Gasteiger charge is -2.28. The van der Waals surface area contributed by atoms with Crippen molar-refractivity contribution in [3.05, 3.63) is 106 Å². The van der Waals surface area contributed by atoms with E-state index in [1.807, 2.05) is 83.1 Å². The third kappa shape index (κ3) is 10.0. The molecular formula is C42H54N2O6. The van der Waals surface area contributed by atoms with E-state index in [0.29, 0.717) is 22.5 Å². The van der Waals surface area contributed by atoms with Gasteiger partial charge in [0.15, 0.2) is 0 Å². The number of amides is 2. The average molecular weight is 683 g/mol. The van der Waals surface area contributed by atoms with Gasteiger partial charge in [-0.15, -0.1) is 0 Å². The van der Waals surface area contributed by atoms with E-state index in [2.05, 4.69) is 10.6 Å². The number of phenols is 4. The predicted molar refractivity (Wildman–Crippen MR) is 203 cm³/mol. The Hall–Kier alpha value is -4.98. The number of aromatic hydroxyl groups is 4. The molecule has 8 nitrogen and oxygen atoms in total. The second-order valence-corrected chi connectivity index (χ2v) is 16.8. The molecule has 0 heterocycles. The largest absolute Gasteiger partial charge is 0.508 e. The fourth-order valence-corrected chi connectivity index (χ4v) is 5.35. The number of benzene rings is 4. The Kier molecular flexibility index (Phi) is 11.4. The van der Waals surface area contributed by atoms with Crippen LogP contribution in [0.15, 0.2) is 72.8 Å². The standard InChI is InChI=1S/2C21H27NO3/c1-20(2,3)16-11-13(12-17(18(16)24)21(4,5)6)19(25)22-14-7-9-15(23)10-8-14;1-20(2,3)16-10-13(11-17(18(16)24)21(4,5)6)19(25)22-14-8-7-9-15(23)12-14/h2*7-12,23-24H,1-6H3,(H,22,25). The number of rotatable bonds is 4. The Bertz CT molecular complexity index is 1780. The maximum atomic E-state index is 12.7. The molecule has 4 aromatic rings. The number of phenolic OH excluding ortho intramolecular Hbond substituents is 4. The van der Waals surface area contributed by atoms with Gasteiger partial charge in [0.2, 0.25) is 0 Å². The van der Waals surface area contributed by atoms with E-state index in [0.717, 1.165) is 22.3 Å². The van der Waals surface area contributed by atoms with Gasteiger partial charge in [0.1, 0.15) is 23.0 Å². The average Bonchev–Trinajstić information content (AvgIpc) is 2.96. The van der Waals surface area contributed by atoms with Crippen LogP contribution >= 0.6 is 0 Å². The topological polar surface area (TPSA) is 139 Å². The van der Waals surface area contributed by atoms with E-state index in [1.54, 1.807) is 54.6 Å². The summed E-state index contributed by atoms with van der Waals surface area (Å²) in [5, 5.41) is 46.0. The first-order valence-electron chi connectivity index (χ1n) is 16.8. The van der Waals surface area contributed by atoms with Crippen LogP contribution in [-0.2, 0) is 21.7 Å². The van der Waals surface area contributed by atoms with Crippen LogP contribution in [0, 0.1) is 0 Å². The summed E-state index contributed by atoms with van der Waals surface area (Å²) < 4.78 is 0. The molecule has 0 saturated carbocycles. The summed E-state index contributed by atoms with van der Waals surface area (Å²) in [6.07, 6.45) is 0. The first kappa shape index (κ1) is 39.5. The van der Waals surface area contributed by atoms with Gasteiger partial charge >= 0.3 is 0 Å². The van der Waals surface area contributed by atoms with Gasteiger partial charge in [0, 0.05) is 50.8 Å². The van der Waals surface area contributed by atoms with Gasteiger partial charge in [-0.1, -0.05) is 89.2 Å². The van der Waals surface area contributed by atoms with Crippen molar-refractivity contribution in [1.82, 2.24) is 0 Å². The minimum absolute atomic E-state index is 0.0919. The molecule has 0 spiro atoms. The summed E-state index contributed by atoms with van der Waals surface area (Å²) >= 11 is 0. The van der Waals surface area contributed by atoms with E-state index in [4.69, 9.17) is 0 Å². The van der Waals surface area contributed by atoms with Crippen molar-refractivity contribution in [1.29, 1.82) is 0 Å². The number of hydrogen-bond donors (Lipinski definition) is 6. The van der Waals surface area contributed by atoms with E-state index in [1.165, 1.54) is 18.2 Å². The zero-order valence-electron chi connectivity index (χ0n) is 31.5. The molecule has 0 aliphatic heterocycles. The molecule has 0 aromatic heterocycles. The second kappa shape index (κ2) is 14.5. The van der Waals surface area contributed by atoms with Crippen molar-refractivity contribution < 1.29 is 30.0 Å². The van der Waals surface area contributed by atoms with E-state index in [-0.39, 0.29) is 56.5 Å². The van der Waals surface area contributed by atoms with Gasteiger partial charge in [-0.05, 0) is 82.3 Å². The van der Waals surface area contributed by atoms with Crippen LogP contribution in [0.1, 0.15) is 126 Å². The van der Waals surface area contributed by atoms with Gasteiger partial charge in [-0.3, -0.25) is 9.59 Å². The predicted octanol–water partition coefficient (Wildman–Crippen LogP) is 9.89. The van der Waals surface area contributed by atoms with Crippen LogP contribution in [-0.4, -0.2) is 32.2 Å². The SMILES string of the molecule is CC(C)(C)c1cc(C(=O)Nc2ccc(O)cc2)cc(C(C)(C)C)c1O.CC(C)(C)c1cc(C(=O)Nc2cccc(O)c2)cc(C(C)(C)C)c1O. The number of nitrogens with one attached hydrogen (secondary N) is 2. The molecule has 0 aliphatic rings. The van der Waals surface area contributed by atoms with Gasteiger partial charge < -0.3 is 31.1 Å². The molecule has 268 valence electrons. The fourth-order valence-electron chi connectivity index (χ4n) is 5.35. The van der Waals surface area contributed by atoms with E-state index < -0.39 is 0 Å². The summed E-state index contributed by atoms with van der Waals surface area (Å²) in [6.45, 7) is 24.1. The Balaban J connectivity index is 0.000000270. The zero-order valence-corrected chi connectivity index (χ0v) is 31.5. The van der Waals surface area contributed by atoms with Crippen LogP contribution in [0.25, 0.3) is 0 Å². The molecule has 2 amide bonds. The number of carbonyl (C=O) groups excluding carboxylic acids is 2.